The summed E-state index contributed by atoms with van der Waals surface area (Å²) in [7, 11) is 0. The lowest BCUT2D eigenvalue weighted by Gasteiger charge is -2.11. The minimum atomic E-state index is -0.839. The van der Waals surface area contributed by atoms with Crippen molar-refractivity contribution in [3.63, 3.8) is 0 Å². The molecule has 1 aromatic heterocycles. The van der Waals surface area contributed by atoms with Crippen LogP contribution >= 0.6 is 24.0 Å². The van der Waals surface area contributed by atoms with E-state index in [-0.39, 0.29) is 11.7 Å². The van der Waals surface area contributed by atoms with Crippen LogP contribution in [-0.4, -0.2) is 29.2 Å². The number of nitrogens with one attached hydrogen (secondary N) is 4. The molecule has 0 bridgehead atoms. The molecule has 0 aliphatic rings. The lowest BCUT2D eigenvalue weighted by molar-refractivity contribution is -0.139. The van der Waals surface area contributed by atoms with Crippen LogP contribution in [0.15, 0.2) is 58.0 Å². The second-order valence-corrected chi connectivity index (χ2v) is 6.34. The fraction of sp³-hybridized carbons (Fsp3) is 0.188. The molecule has 9 heteroatoms. The molecule has 1 aromatic carbocycles. The summed E-state index contributed by atoms with van der Waals surface area (Å²) in [6.07, 6.45) is 1.49. The van der Waals surface area contributed by atoms with E-state index in [0.29, 0.717) is 12.3 Å². The molecule has 0 saturated carbocycles. The lowest BCUT2D eigenvalue weighted by Crippen LogP contribution is -2.51. The van der Waals surface area contributed by atoms with Crippen LogP contribution in [0.5, 0.6) is 0 Å². The summed E-state index contributed by atoms with van der Waals surface area (Å²) >= 11 is 6.71. The molecule has 0 fully saturated rings. The maximum absolute atomic E-state index is 11.6. The molecule has 25 heavy (non-hydrogen) atoms. The first-order chi connectivity index (χ1) is 12.1. The van der Waals surface area contributed by atoms with Crippen LogP contribution in [-0.2, 0) is 16.1 Å². The molecule has 0 unspecified atom stereocenters. The minimum Gasteiger partial charge on any atom is -0.467 e. The van der Waals surface area contributed by atoms with Gasteiger partial charge in [-0.1, -0.05) is 18.2 Å². The second kappa shape index (κ2) is 10.4. The van der Waals surface area contributed by atoms with Gasteiger partial charge in [-0.15, -0.1) is 11.8 Å². The lowest BCUT2D eigenvalue weighted by atomic mass is 10.4. The molecule has 7 nitrogen and oxygen atoms in total. The molecule has 4 N–H and O–H groups in total. The average Bonchev–Trinajstić information content (AvgIpc) is 3.15. The molecule has 0 radical (unpaired) electrons. The van der Waals surface area contributed by atoms with E-state index >= 15 is 0 Å². The van der Waals surface area contributed by atoms with E-state index in [1.165, 1.54) is 11.2 Å². The number of hydrazine groups is 1. The van der Waals surface area contributed by atoms with Gasteiger partial charge in [-0.25, -0.2) is 0 Å². The molecule has 132 valence electrons. The minimum absolute atomic E-state index is 0.138. The maximum Gasteiger partial charge on any atom is 0.327 e. The van der Waals surface area contributed by atoms with Crippen LogP contribution < -0.4 is 21.5 Å². The molecule has 2 aromatic rings. The Hall–Kier alpha value is -2.52. The Morgan fingerprint density at radius 3 is 2.52 bits per heavy atom. The number of rotatable bonds is 6. The van der Waals surface area contributed by atoms with Crippen LogP contribution in [0, 0.1) is 0 Å². The van der Waals surface area contributed by atoms with Crippen molar-refractivity contribution in [2.75, 3.05) is 12.3 Å². The van der Waals surface area contributed by atoms with Crippen molar-refractivity contribution in [1.82, 2.24) is 21.5 Å². The zero-order valence-electron chi connectivity index (χ0n) is 13.3. The highest BCUT2D eigenvalue weighted by Gasteiger charge is 2.13. The van der Waals surface area contributed by atoms with Gasteiger partial charge >= 0.3 is 11.8 Å². The first kappa shape index (κ1) is 18.8. The quantitative estimate of drug-likeness (QED) is 0.197. The molecule has 0 aliphatic carbocycles. The standard InChI is InChI=1S/C16H18N4O3S2/c21-14(18-11-12-5-4-9-23-12)15(22)19-20-16(24)17-8-10-25-13-6-2-1-3-7-13/h1-7,9H,8,10-11H2,(H,18,21)(H,19,22)(H2,17,20,24). The summed E-state index contributed by atoms with van der Waals surface area (Å²) < 4.78 is 5.05. The topological polar surface area (TPSA) is 95.4 Å². The number of benzene rings is 1. The number of furan rings is 1. The number of thioether (sulfide) groups is 1. The molecule has 0 aliphatic heterocycles. The SMILES string of the molecule is O=C(NCc1ccco1)C(=O)NNC(=S)NCCSc1ccccc1. The van der Waals surface area contributed by atoms with Gasteiger partial charge in [-0.3, -0.25) is 20.4 Å². The van der Waals surface area contributed by atoms with Crippen molar-refractivity contribution < 1.29 is 14.0 Å². The van der Waals surface area contributed by atoms with Crippen molar-refractivity contribution >= 4 is 40.9 Å². The van der Waals surface area contributed by atoms with Crippen LogP contribution in [0.4, 0.5) is 0 Å². The smallest absolute Gasteiger partial charge is 0.327 e. The van der Waals surface area contributed by atoms with Crippen molar-refractivity contribution in [2.24, 2.45) is 0 Å². The van der Waals surface area contributed by atoms with Crippen LogP contribution in [0.2, 0.25) is 0 Å². The molecule has 2 rings (SSSR count). The zero-order valence-corrected chi connectivity index (χ0v) is 14.9. The van der Waals surface area contributed by atoms with E-state index in [1.807, 2.05) is 30.3 Å². The van der Waals surface area contributed by atoms with Gasteiger partial charge in [-0.2, -0.15) is 0 Å². The van der Waals surface area contributed by atoms with Crippen molar-refractivity contribution in [2.45, 2.75) is 11.4 Å². The highest BCUT2D eigenvalue weighted by Crippen LogP contribution is 2.15. The third-order valence-electron chi connectivity index (χ3n) is 2.90. The molecule has 0 atom stereocenters. The monoisotopic (exact) mass is 378 g/mol. The highest BCUT2D eigenvalue weighted by atomic mass is 32.2. The largest absolute Gasteiger partial charge is 0.467 e. The van der Waals surface area contributed by atoms with Gasteiger partial charge in [0.1, 0.15) is 5.76 Å². The number of carbonyl (C=O) groups excluding carboxylic acids is 2. The number of carbonyl (C=O) groups is 2. The first-order valence-corrected chi connectivity index (χ1v) is 8.87. The zero-order chi connectivity index (χ0) is 17.9. The van der Waals surface area contributed by atoms with E-state index in [2.05, 4.69) is 21.5 Å². The van der Waals surface area contributed by atoms with Crippen LogP contribution in [0.25, 0.3) is 0 Å². The molecular weight excluding hydrogens is 360 g/mol. The van der Waals surface area contributed by atoms with Crippen LogP contribution in [0.3, 0.4) is 0 Å². The van der Waals surface area contributed by atoms with Gasteiger partial charge in [0.15, 0.2) is 5.11 Å². The molecule has 2 amide bonds. The highest BCUT2D eigenvalue weighted by molar-refractivity contribution is 7.99. The number of thiocarbonyl (C=S) groups is 1. The van der Waals surface area contributed by atoms with Crippen molar-refractivity contribution in [1.29, 1.82) is 0 Å². The van der Waals surface area contributed by atoms with Gasteiger partial charge in [-0.05, 0) is 36.5 Å². The van der Waals surface area contributed by atoms with Crippen molar-refractivity contribution in [3.8, 4) is 0 Å². The fourth-order valence-electron chi connectivity index (χ4n) is 1.73. The van der Waals surface area contributed by atoms with Gasteiger partial charge in [0, 0.05) is 17.2 Å². The maximum atomic E-state index is 11.6. The van der Waals surface area contributed by atoms with Gasteiger partial charge in [0.05, 0.1) is 12.8 Å². The molecular formula is C16H18N4O3S2. The Labute approximate surface area is 154 Å². The van der Waals surface area contributed by atoms with Crippen molar-refractivity contribution in [3.05, 3.63) is 54.5 Å². The second-order valence-electron chi connectivity index (χ2n) is 4.76. The molecule has 0 saturated heterocycles. The summed E-state index contributed by atoms with van der Waals surface area (Å²) in [5, 5.41) is 5.60. The third kappa shape index (κ3) is 7.27. The Kier molecular flexibility index (Phi) is 7.80. The summed E-state index contributed by atoms with van der Waals surface area (Å²) in [5.74, 6) is -0.258. The third-order valence-corrected chi connectivity index (χ3v) is 4.16. The van der Waals surface area contributed by atoms with E-state index in [1.54, 1.807) is 23.9 Å². The summed E-state index contributed by atoms with van der Waals surface area (Å²) in [6.45, 7) is 0.755. The normalized spacial score (nSPS) is 9.92. The van der Waals surface area contributed by atoms with Crippen LogP contribution in [0.1, 0.15) is 5.76 Å². The van der Waals surface area contributed by atoms with Gasteiger partial charge in [0.25, 0.3) is 0 Å². The number of hydrogen-bond donors (Lipinski definition) is 4. The molecule has 0 spiro atoms. The van der Waals surface area contributed by atoms with E-state index < -0.39 is 11.8 Å². The predicted octanol–water partition coefficient (Wildman–Crippen LogP) is 1.18. The van der Waals surface area contributed by atoms with E-state index in [0.717, 1.165) is 5.75 Å². The number of hydrogen-bond acceptors (Lipinski definition) is 5. The van der Waals surface area contributed by atoms with Gasteiger partial charge in [0.2, 0.25) is 0 Å². The Morgan fingerprint density at radius 1 is 1.00 bits per heavy atom. The predicted molar refractivity (Wildman–Crippen MR) is 99.6 cm³/mol. The fourth-order valence-corrected chi connectivity index (χ4v) is 2.67. The van der Waals surface area contributed by atoms with E-state index in [9.17, 15) is 9.59 Å². The summed E-state index contributed by atoms with van der Waals surface area (Å²) in [6, 6.07) is 13.4. The van der Waals surface area contributed by atoms with Gasteiger partial charge < -0.3 is 15.1 Å². The summed E-state index contributed by atoms with van der Waals surface area (Å²) in [4.78, 5) is 24.4. The number of amides is 2. The van der Waals surface area contributed by atoms with E-state index in [4.69, 9.17) is 16.6 Å². The average molecular weight is 378 g/mol. The summed E-state index contributed by atoms with van der Waals surface area (Å²) in [5.41, 5.74) is 4.71. The first-order valence-electron chi connectivity index (χ1n) is 7.47. The molecule has 1 heterocycles. The Balaban J connectivity index is 1.55. The Morgan fingerprint density at radius 2 is 1.80 bits per heavy atom. The Bertz CT molecular complexity index is 693.